The highest BCUT2D eigenvalue weighted by molar-refractivity contribution is 9.10. The fourth-order valence-electron chi connectivity index (χ4n) is 1.74. The average Bonchev–Trinajstić information content (AvgIpc) is 2.46. The van der Waals surface area contributed by atoms with Crippen LogP contribution in [0.2, 0.25) is 0 Å². The van der Waals surface area contributed by atoms with E-state index in [0.717, 1.165) is 23.3 Å². The molecule has 0 radical (unpaired) electrons. The van der Waals surface area contributed by atoms with E-state index >= 15 is 0 Å². The third kappa shape index (κ3) is 3.80. The summed E-state index contributed by atoms with van der Waals surface area (Å²) in [6, 6.07) is 14.1. The molecule has 1 heterocycles. The molecule has 2 aromatic rings. The van der Waals surface area contributed by atoms with Gasteiger partial charge < -0.3 is 4.90 Å². The van der Waals surface area contributed by atoms with Gasteiger partial charge in [0.25, 0.3) is 0 Å². The number of nitriles is 1. The van der Waals surface area contributed by atoms with Crippen molar-refractivity contribution in [3.05, 3.63) is 58.2 Å². The van der Waals surface area contributed by atoms with Crippen molar-refractivity contribution in [2.75, 3.05) is 18.5 Å². The van der Waals surface area contributed by atoms with Crippen LogP contribution in [-0.4, -0.2) is 18.6 Å². The smallest absolute Gasteiger partial charge is 0.128 e. The van der Waals surface area contributed by atoms with Crippen molar-refractivity contribution in [3.63, 3.8) is 0 Å². The number of aromatic nitrogens is 1. The first-order valence-electron chi connectivity index (χ1n) is 6.01. The predicted molar refractivity (Wildman–Crippen MR) is 80.1 cm³/mol. The van der Waals surface area contributed by atoms with Crippen LogP contribution in [0.25, 0.3) is 0 Å². The van der Waals surface area contributed by atoms with Crippen LogP contribution in [0.4, 0.5) is 5.82 Å². The Kier molecular flexibility index (Phi) is 4.53. The summed E-state index contributed by atoms with van der Waals surface area (Å²) in [4.78, 5) is 6.36. The van der Waals surface area contributed by atoms with Crippen LogP contribution in [0.3, 0.4) is 0 Å². The second kappa shape index (κ2) is 6.35. The summed E-state index contributed by atoms with van der Waals surface area (Å²) in [5.74, 6) is 0.885. The van der Waals surface area contributed by atoms with Gasteiger partial charge in [-0.25, -0.2) is 4.98 Å². The molecule has 19 heavy (non-hydrogen) atoms. The van der Waals surface area contributed by atoms with Crippen LogP contribution >= 0.6 is 15.9 Å². The maximum atomic E-state index is 8.73. The van der Waals surface area contributed by atoms with Gasteiger partial charge in [0, 0.05) is 24.3 Å². The van der Waals surface area contributed by atoms with E-state index in [0.29, 0.717) is 5.56 Å². The number of nitrogens with zero attached hydrogens (tertiary/aromatic N) is 3. The maximum absolute atomic E-state index is 8.73. The molecule has 0 bridgehead atoms. The van der Waals surface area contributed by atoms with E-state index in [2.05, 4.69) is 56.1 Å². The van der Waals surface area contributed by atoms with Crippen molar-refractivity contribution in [1.29, 1.82) is 5.26 Å². The molecule has 96 valence electrons. The van der Waals surface area contributed by atoms with E-state index in [1.54, 1.807) is 12.3 Å². The van der Waals surface area contributed by atoms with Crippen LogP contribution < -0.4 is 4.90 Å². The lowest BCUT2D eigenvalue weighted by Gasteiger charge is -2.18. The van der Waals surface area contributed by atoms with Gasteiger partial charge in [0.15, 0.2) is 0 Å². The highest BCUT2D eigenvalue weighted by atomic mass is 79.9. The van der Waals surface area contributed by atoms with E-state index < -0.39 is 0 Å². The lowest BCUT2D eigenvalue weighted by molar-refractivity contribution is 0.859. The van der Waals surface area contributed by atoms with Gasteiger partial charge in [-0.1, -0.05) is 28.1 Å². The lowest BCUT2D eigenvalue weighted by Crippen LogP contribution is -2.21. The van der Waals surface area contributed by atoms with Crippen molar-refractivity contribution in [3.8, 4) is 6.07 Å². The standard InChI is InChI=1S/C15H14BrN3/c1-19(15-7-4-13(10-17)11-18-15)9-8-12-2-5-14(16)6-3-12/h2-7,11H,8-9H2,1H3. The number of halogens is 1. The normalized spacial score (nSPS) is 9.95. The van der Waals surface area contributed by atoms with Crippen LogP contribution in [-0.2, 0) is 6.42 Å². The number of rotatable bonds is 4. The highest BCUT2D eigenvalue weighted by Gasteiger charge is 2.03. The van der Waals surface area contributed by atoms with Gasteiger partial charge >= 0.3 is 0 Å². The van der Waals surface area contributed by atoms with E-state index in [1.807, 2.05) is 13.1 Å². The molecule has 0 saturated heterocycles. The zero-order valence-corrected chi connectivity index (χ0v) is 12.3. The molecule has 0 atom stereocenters. The Balaban J connectivity index is 1.95. The Morgan fingerprint density at radius 3 is 2.53 bits per heavy atom. The summed E-state index contributed by atoms with van der Waals surface area (Å²) in [6.07, 6.45) is 2.57. The Morgan fingerprint density at radius 2 is 1.95 bits per heavy atom. The molecule has 0 saturated carbocycles. The van der Waals surface area contributed by atoms with Crippen molar-refractivity contribution >= 4 is 21.7 Å². The second-order valence-electron chi connectivity index (χ2n) is 4.31. The minimum absolute atomic E-state index is 0.588. The lowest BCUT2D eigenvalue weighted by atomic mass is 10.1. The average molecular weight is 316 g/mol. The van der Waals surface area contributed by atoms with Crippen LogP contribution in [0, 0.1) is 11.3 Å². The largest absolute Gasteiger partial charge is 0.359 e. The molecular formula is C15H14BrN3. The molecule has 0 N–H and O–H groups in total. The second-order valence-corrected chi connectivity index (χ2v) is 5.23. The molecule has 4 heteroatoms. The molecule has 1 aromatic heterocycles. The molecule has 0 aliphatic rings. The van der Waals surface area contributed by atoms with E-state index in [9.17, 15) is 0 Å². The molecular weight excluding hydrogens is 302 g/mol. The Bertz CT molecular complexity index is 570. The van der Waals surface area contributed by atoms with Crippen molar-refractivity contribution in [2.45, 2.75) is 6.42 Å². The predicted octanol–water partition coefficient (Wildman–Crippen LogP) is 3.39. The number of hydrogen-bond donors (Lipinski definition) is 0. The van der Waals surface area contributed by atoms with Gasteiger partial charge in [0.1, 0.15) is 11.9 Å². The fourth-order valence-corrected chi connectivity index (χ4v) is 2.00. The van der Waals surface area contributed by atoms with Gasteiger partial charge in [-0.2, -0.15) is 5.26 Å². The quantitative estimate of drug-likeness (QED) is 0.868. The van der Waals surface area contributed by atoms with E-state index in [-0.39, 0.29) is 0 Å². The summed E-state index contributed by atoms with van der Waals surface area (Å²) in [5.41, 5.74) is 1.88. The first-order valence-corrected chi connectivity index (χ1v) is 6.80. The molecule has 0 spiro atoms. The van der Waals surface area contributed by atoms with Gasteiger partial charge in [-0.3, -0.25) is 0 Å². The number of anilines is 1. The molecule has 0 amide bonds. The molecule has 0 fully saturated rings. The molecule has 1 aromatic carbocycles. The third-order valence-electron chi connectivity index (χ3n) is 2.92. The van der Waals surface area contributed by atoms with Crippen LogP contribution in [0.5, 0.6) is 0 Å². The van der Waals surface area contributed by atoms with E-state index in [4.69, 9.17) is 5.26 Å². The summed E-state index contributed by atoms with van der Waals surface area (Å²) >= 11 is 3.43. The summed E-state index contributed by atoms with van der Waals surface area (Å²) in [6.45, 7) is 0.889. The molecule has 0 unspecified atom stereocenters. The molecule has 3 nitrogen and oxygen atoms in total. The monoisotopic (exact) mass is 315 g/mol. The van der Waals surface area contributed by atoms with Crippen molar-refractivity contribution in [1.82, 2.24) is 4.98 Å². The Hall–Kier alpha value is -1.86. The third-order valence-corrected chi connectivity index (χ3v) is 3.45. The van der Waals surface area contributed by atoms with Crippen molar-refractivity contribution < 1.29 is 0 Å². The minimum Gasteiger partial charge on any atom is -0.359 e. The molecule has 0 aliphatic carbocycles. The van der Waals surface area contributed by atoms with Gasteiger partial charge in [0.2, 0.25) is 0 Å². The minimum atomic E-state index is 0.588. The van der Waals surface area contributed by atoms with Gasteiger partial charge in [-0.05, 0) is 36.2 Å². The van der Waals surface area contributed by atoms with Gasteiger partial charge in [0.05, 0.1) is 5.56 Å². The summed E-state index contributed by atoms with van der Waals surface area (Å²) in [5, 5.41) is 8.73. The molecule has 2 rings (SSSR count). The Labute approximate surface area is 121 Å². The number of hydrogen-bond acceptors (Lipinski definition) is 3. The van der Waals surface area contributed by atoms with Gasteiger partial charge in [-0.15, -0.1) is 0 Å². The number of pyridine rings is 1. The first kappa shape index (κ1) is 13.6. The van der Waals surface area contributed by atoms with Crippen molar-refractivity contribution in [2.24, 2.45) is 0 Å². The first-order chi connectivity index (χ1) is 9.19. The Morgan fingerprint density at radius 1 is 1.21 bits per heavy atom. The SMILES string of the molecule is CN(CCc1ccc(Br)cc1)c1ccc(C#N)cn1. The number of likely N-dealkylation sites (N-methyl/N-ethyl adjacent to an activating group) is 1. The van der Waals surface area contributed by atoms with E-state index in [1.165, 1.54) is 5.56 Å². The fraction of sp³-hybridized carbons (Fsp3) is 0.200. The zero-order chi connectivity index (χ0) is 13.7. The summed E-state index contributed by atoms with van der Waals surface area (Å²) in [7, 11) is 2.01. The zero-order valence-electron chi connectivity index (χ0n) is 10.7. The maximum Gasteiger partial charge on any atom is 0.128 e. The van der Waals surface area contributed by atoms with Crippen LogP contribution in [0.1, 0.15) is 11.1 Å². The highest BCUT2D eigenvalue weighted by Crippen LogP contribution is 2.13. The topological polar surface area (TPSA) is 39.9 Å². The van der Waals surface area contributed by atoms with Crippen LogP contribution in [0.15, 0.2) is 47.1 Å². The molecule has 0 aliphatic heterocycles. The number of benzene rings is 1. The summed E-state index contributed by atoms with van der Waals surface area (Å²) < 4.78 is 1.10.